The third-order valence-corrected chi connectivity index (χ3v) is 3.76. The van der Waals surface area contributed by atoms with Crippen LogP contribution in [0.1, 0.15) is 19.3 Å². The summed E-state index contributed by atoms with van der Waals surface area (Å²) in [5.41, 5.74) is 1.33. The van der Waals surface area contributed by atoms with Crippen LogP contribution in [0.5, 0.6) is 5.75 Å². The molecule has 1 aromatic carbocycles. The molecule has 0 amide bonds. The highest BCUT2D eigenvalue weighted by Crippen LogP contribution is 2.27. The van der Waals surface area contributed by atoms with Crippen molar-refractivity contribution < 1.29 is 4.74 Å². The number of ether oxygens (including phenoxy) is 1. The summed E-state index contributed by atoms with van der Waals surface area (Å²) in [7, 11) is 3.74. The zero-order chi connectivity index (χ0) is 12.8. The summed E-state index contributed by atoms with van der Waals surface area (Å²) in [5.74, 6) is 1.80. The van der Waals surface area contributed by atoms with Crippen molar-refractivity contribution in [2.75, 3.05) is 38.7 Å². The average Bonchev–Trinajstić information content (AvgIpc) is 2.88. The molecule has 1 aliphatic heterocycles. The quantitative estimate of drug-likeness (QED) is 0.783. The summed E-state index contributed by atoms with van der Waals surface area (Å²) in [6.07, 6.45) is 3.96. The second kappa shape index (κ2) is 6.64. The molecular formula is C15H24N2O. The topological polar surface area (TPSA) is 24.5 Å². The fourth-order valence-electron chi connectivity index (χ4n) is 2.66. The highest BCUT2D eigenvalue weighted by atomic mass is 16.5. The Hall–Kier alpha value is -1.22. The lowest BCUT2D eigenvalue weighted by atomic mass is 10.0. The van der Waals surface area contributed by atoms with Crippen LogP contribution < -0.4 is 15.0 Å². The van der Waals surface area contributed by atoms with E-state index in [0.29, 0.717) is 0 Å². The van der Waals surface area contributed by atoms with Crippen molar-refractivity contribution in [3.05, 3.63) is 24.3 Å². The molecule has 1 aliphatic rings. The lowest BCUT2D eigenvalue weighted by Gasteiger charge is -2.19. The second-order valence-corrected chi connectivity index (χ2v) is 5.04. The molecule has 0 radical (unpaired) electrons. The molecule has 2 rings (SSSR count). The van der Waals surface area contributed by atoms with Crippen molar-refractivity contribution in [3.8, 4) is 5.75 Å². The summed E-state index contributed by atoms with van der Waals surface area (Å²) in [6, 6.07) is 8.41. The maximum Gasteiger partial charge on any atom is 0.119 e. The summed E-state index contributed by atoms with van der Waals surface area (Å²) in [6.45, 7) is 3.53. The van der Waals surface area contributed by atoms with Crippen molar-refractivity contribution >= 4 is 5.69 Å². The van der Waals surface area contributed by atoms with Crippen LogP contribution in [0.3, 0.4) is 0 Å². The van der Waals surface area contributed by atoms with Crippen molar-refractivity contribution in [2.24, 2.45) is 5.92 Å². The van der Waals surface area contributed by atoms with E-state index >= 15 is 0 Å². The number of anilines is 1. The van der Waals surface area contributed by atoms with Gasteiger partial charge >= 0.3 is 0 Å². The molecule has 1 atom stereocenters. The van der Waals surface area contributed by atoms with Crippen LogP contribution in [0.25, 0.3) is 0 Å². The number of hydrogen-bond acceptors (Lipinski definition) is 3. The molecule has 3 nitrogen and oxygen atoms in total. The molecule has 1 saturated heterocycles. The Morgan fingerprint density at radius 3 is 2.78 bits per heavy atom. The van der Waals surface area contributed by atoms with Crippen LogP contribution >= 0.6 is 0 Å². The van der Waals surface area contributed by atoms with Crippen molar-refractivity contribution in [1.82, 2.24) is 5.32 Å². The highest BCUT2D eigenvalue weighted by Gasteiger charge is 2.21. The van der Waals surface area contributed by atoms with Gasteiger partial charge in [-0.1, -0.05) is 0 Å². The first-order valence-corrected chi connectivity index (χ1v) is 6.87. The van der Waals surface area contributed by atoms with Gasteiger partial charge in [-0.3, -0.25) is 0 Å². The van der Waals surface area contributed by atoms with E-state index in [2.05, 4.69) is 22.3 Å². The van der Waals surface area contributed by atoms with Gasteiger partial charge in [0.1, 0.15) is 5.75 Å². The van der Waals surface area contributed by atoms with E-state index in [9.17, 15) is 0 Å². The second-order valence-electron chi connectivity index (χ2n) is 5.04. The number of benzene rings is 1. The van der Waals surface area contributed by atoms with Crippen LogP contribution in [0.2, 0.25) is 0 Å². The lowest BCUT2D eigenvalue weighted by molar-refractivity contribution is 0.415. The number of nitrogens with zero attached hydrogens (tertiary/aromatic N) is 1. The normalized spacial score (nSPS) is 19.2. The van der Waals surface area contributed by atoms with Crippen LogP contribution in [-0.2, 0) is 0 Å². The summed E-state index contributed by atoms with van der Waals surface area (Å²) in [4.78, 5) is 2.49. The minimum absolute atomic E-state index is 0.862. The molecular weight excluding hydrogens is 224 g/mol. The number of nitrogens with one attached hydrogen (secondary N) is 1. The molecule has 1 aromatic rings. The largest absolute Gasteiger partial charge is 0.497 e. The van der Waals surface area contributed by atoms with Crippen molar-refractivity contribution in [3.63, 3.8) is 0 Å². The van der Waals surface area contributed by atoms with E-state index < -0.39 is 0 Å². The number of hydrogen-bond donors (Lipinski definition) is 1. The minimum Gasteiger partial charge on any atom is -0.497 e. The summed E-state index contributed by atoms with van der Waals surface area (Å²) >= 11 is 0. The van der Waals surface area contributed by atoms with E-state index in [0.717, 1.165) is 18.2 Å². The Kier molecular flexibility index (Phi) is 4.88. The van der Waals surface area contributed by atoms with Gasteiger partial charge in [-0.2, -0.15) is 0 Å². The smallest absolute Gasteiger partial charge is 0.119 e. The third kappa shape index (κ3) is 3.39. The number of rotatable bonds is 6. The van der Waals surface area contributed by atoms with Gasteiger partial charge in [0.25, 0.3) is 0 Å². The maximum absolute atomic E-state index is 5.19. The Morgan fingerprint density at radius 2 is 2.11 bits per heavy atom. The number of methoxy groups -OCH3 is 1. The van der Waals surface area contributed by atoms with E-state index in [-0.39, 0.29) is 0 Å². The molecule has 1 fully saturated rings. The summed E-state index contributed by atoms with van der Waals surface area (Å²) in [5, 5.41) is 3.22. The molecule has 0 aromatic heterocycles. The zero-order valence-electron chi connectivity index (χ0n) is 11.5. The Balaban J connectivity index is 1.83. The van der Waals surface area contributed by atoms with Gasteiger partial charge in [-0.25, -0.2) is 0 Å². The Morgan fingerprint density at radius 1 is 1.33 bits per heavy atom. The monoisotopic (exact) mass is 248 g/mol. The Labute approximate surface area is 110 Å². The predicted octanol–water partition coefficient (Wildman–Crippen LogP) is 2.52. The molecule has 100 valence electrons. The molecule has 1 heterocycles. The van der Waals surface area contributed by atoms with Crippen molar-refractivity contribution in [2.45, 2.75) is 19.3 Å². The van der Waals surface area contributed by atoms with Crippen LogP contribution in [0, 0.1) is 5.92 Å². The van der Waals surface area contributed by atoms with Crippen LogP contribution in [-0.4, -0.2) is 33.8 Å². The molecule has 1 N–H and O–H groups in total. The first-order chi connectivity index (χ1) is 8.83. The minimum atomic E-state index is 0.862. The first kappa shape index (κ1) is 13.2. The van der Waals surface area contributed by atoms with E-state index in [1.807, 2.05) is 19.2 Å². The maximum atomic E-state index is 5.19. The van der Waals surface area contributed by atoms with Gasteiger partial charge < -0.3 is 15.0 Å². The summed E-state index contributed by atoms with van der Waals surface area (Å²) < 4.78 is 5.19. The molecule has 18 heavy (non-hydrogen) atoms. The van der Waals surface area contributed by atoms with Crippen LogP contribution in [0.4, 0.5) is 5.69 Å². The zero-order valence-corrected chi connectivity index (χ0v) is 11.5. The van der Waals surface area contributed by atoms with Gasteiger partial charge in [0.15, 0.2) is 0 Å². The Bertz CT molecular complexity index is 350. The SMILES string of the molecule is CNCCCC1CCN(c2ccc(OC)cc2)C1. The molecule has 3 heteroatoms. The molecule has 1 unspecified atom stereocenters. The van der Waals surface area contributed by atoms with E-state index in [1.54, 1.807) is 7.11 Å². The van der Waals surface area contributed by atoms with E-state index in [1.165, 1.54) is 38.0 Å². The average molecular weight is 248 g/mol. The van der Waals surface area contributed by atoms with Crippen molar-refractivity contribution in [1.29, 1.82) is 0 Å². The van der Waals surface area contributed by atoms with Gasteiger partial charge in [-0.15, -0.1) is 0 Å². The standard InChI is InChI=1S/C15H24N2O/c1-16-10-3-4-13-9-11-17(12-13)14-5-7-15(18-2)8-6-14/h5-8,13,16H,3-4,9-12H2,1-2H3. The van der Waals surface area contributed by atoms with E-state index in [4.69, 9.17) is 4.74 Å². The van der Waals surface area contributed by atoms with Gasteiger partial charge in [0, 0.05) is 18.8 Å². The third-order valence-electron chi connectivity index (χ3n) is 3.76. The molecule has 0 aliphatic carbocycles. The fraction of sp³-hybridized carbons (Fsp3) is 0.600. The van der Waals surface area contributed by atoms with Gasteiger partial charge in [0.2, 0.25) is 0 Å². The molecule has 0 saturated carbocycles. The van der Waals surface area contributed by atoms with Crippen LogP contribution in [0.15, 0.2) is 24.3 Å². The van der Waals surface area contributed by atoms with Gasteiger partial charge in [0.05, 0.1) is 7.11 Å². The molecule has 0 bridgehead atoms. The fourth-order valence-corrected chi connectivity index (χ4v) is 2.66. The first-order valence-electron chi connectivity index (χ1n) is 6.87. The molecule has 0 spiro atoms. The van der Waals surface area contributed by atoms with Gasteiger partial charge in [-0.05, 0) is 63.0 Å². The highest BCUT2D eigenvalue weighted by molar-refractivity contribution is 5.49. The predicted molar refractivity (Wildman–Crippen MR) is 76.5 cm³/mol. The lowest BCUT2D eigenvalue weighted by Crippen LogP contribution is -2.19.